The van der Waals surface area contributed by atoms with Crippen LogP contribution in [0.2, 0.25) is 0 Å². The van der Waals surface area contributed by atoms with Gasteiger partial charge >= 0.3 is 0 Å². The molecule has 0 aromatic carbocycles. The lowest BCUT2D eigenvalue weighted by Crippen LogP contribution is -2.24. The second kappa shape index (κ2) is 6.62. The fourth-order valence-electron chi connectivity index (χ4n) is 1.05. The first-order chi connectivity index (χ1) is 5.22. The fourth-order valence-corrected chi connectivity index (χ4v) is 1.05. The second-order valence-electron chi connectivity index (χ2n) is 3.28. The molecule has 0 saturated carbocycles. The lowest BCUT2D eigenvalue weighted by atomic mass is 9.99. The van der Waals surface area contributed by atoms with Crippen molar-refractivity contribution in [1.29, 1.82) is 0 Å². The Hall–Kier alpha value is -0.0800. The fraction of sp³-hybridized carbons (Fsp3) is 1.00. The van der Waals surface area contributed by atoms with E-state index in [1.165, 1.54) is 12.8 Å². The average Bonchev–Trinajstić information content (AvgIpc) is 2.03. The van der Waals surface area contributed by atoms with Crippen LogP contribution in [0.5, 0.6) is 0 Å². The number of rotatable bonds is 6. The quantitative estimate of drug-likeness (QED) is 0.577. The van der Waals surface area contributed by atoms with E-state index in [0.29, 0.717) is 6.54 Å². The van der Waals surface area contributed by atoms with Gasteiger partial charge in [0.2, 0.25) is 0 Å². The molecule has 2 unspecified atom stereocenters. The lowest BCUT2D eigenvalue weighted by molar-refractivity contribution is 0.108. The van der Waals surface area contributed by atoms with Gasteiger partial charge in [0.05, 0.1) is 6.10 Å². The zero-order valence-electron chi connectivity index (χ0n) is 7.71. The molecule has 0 amide bonds. The molecular formula is C9H21NO. The first-order valence-corrected chi connectivity index (χ1v) is 4.60. The summed E-state index contributed by atoms with van der Waals surface area (Å²) in [5.41, 5.74) is 5.42. The molecule has 0 rings (SSSR count). The maximum Gasteiger partial charge on any atom is 0.0577 e. The smallest absolute Gasteiger partial charge is 0.0577 e. The third-order valence-electron chi connectivity index (χ3n) is 2.13. The van der Waals surface area contributed by atoms with Gasteiger partial charge in [-0.15, -0.1) is 0 Å². The molecule has 0 radical (unpaired) electrons. The molecule has 0 aliphatic heterocycles. The molecule has 2 heteroatoms. The summed E-state index contributed by atoms with van der Waals surface area (Å²) >= 11 is 0. The van der Waals surface area contributed by atoms with Crippen molar-refractivity contribution in [1.82, 2.24) is 0 Å². The molecule has 0 aliphatic rings. The van der Waals surface area contributed by atoms with Gasteiger partial charge < -0.3 is 10.8 Å². The highest BCUT2D eigenvalue weighted by Gasteiger charge is 2.10. The molecular weight excluding hydrogens is 138 g/mol. The Morgan fingerprint density at radius 1 is 1.36 bits per heavy atom. The third-order valence-corrected chi connectivity index (χ3v) is 2.13. The van der Waals surface area contributed by atoms with E-state index < -0.39 is 0 Å². The summed E-state index contributed by atoms with van der Waals surface area (Å²) < 4.78 is 0. The molecule has 0 aromatic rings. The summed E-state index contributed by atoms with van der Waals surface area (Å²) in [6, 6.07) is 0. The van der Waals surface area contributed by atoms with Gasteiger partial charge in [0, 0.05) is 0 Å². The Morgan fingerprint density at radius 2 is 2.00 bits per heavy atom. The zero-order valence-corrected chi connectivity index (χ0v) is 7.71. The molecule has 0 aromatic heterocycles. The highest BCUT2D eigenvalue weighted by molar-refractivity contribution is 4.64. The van der Waals surface area contributed by atoms with Crippen molar-refractivity contribution in [2.75, 3.05) is 6.54 Å². The molecule has 0 saturated heterocycles. The maximum atomic E-state index is 9.46. The van der Waals surface area contributed by atoms with Gasteiger partial charge in [0.15, 0.2) is 0 Å². The molecule has 3 N–H and O–H groups in total. The molecule has 68 valence electrons. The van der Waals surface area contributed by atoms with Crippen molar-refractivity contribution in [3.8, 4) is 0 Å². The standard InChI is InChI=1S/C9H21NO/c1-3-4-5-6-9(11)8(2)7-10/h8-9,11H,3-7,10H2,1-2H3. The molecule has 2 atom stereocenters. The second-order valence-corrected chi connectivity index (χ2v) is 3.28. The molecule has 0 fully saturated rings. The van der Waals surface area contributed by atoms with Gasteiger partial charge in [-0.1, -0.05) is 33.1 Å². The largest absolute Gasteiger partial charge is 0.393 e. The number of aliphatic hydroxyl groups is 1. The topological polar surface area (TPSA) is 46.2 Å². The third kappa shape index (κ3) is 5.22. The van der Waals surface area contributed by atoms with Crippen LogP contribution in [0.1, 0.15) is 39.5 Å². The van der Waals surface area contributed by atoms with Crippen molar-refractivity contribution in [3.05, 3.63) is 0 Å². The predicted octanol–water partition coefficient (Wildman–Crippen LogP) is 1.52. The predicted molar refractivity (Wildman–Crippen MR) is 48.4 cm³/mol. The molecule has 11 heavy (non-hydrogen) atoms. The van der Waals surface area contributed by atoms with Crippen molar-refractivity contribution in [3.63, 3.8) is 0 Å². The highest BCUT2D eigenvalue weighted by Crippen LogP contribution is 2.09. The van der Waals surface area contributed by atoms with Crippen LogP contribution in [0.15, 0.2) is 0 Å². The molecule has 0 heterocycles. The van der Waals surface area contributed by atoms with Crippen molar-refractivity contribution < 1.29 is 5.11 Å². The van der Waals surface area contributed by atoms with Crippen LogP contribution >= 0.6 is 0 Å². The summed E-state index contributed by atoms with van der Waals surface area (Å²) in [6.07, 6.45) is 4.28. The number of unbranched alkanes of at least 4 members (excludes halogenated alkanes) is 2. The van der Waals surface area contributed by atoms with Crippen LogP contribution < -0.4 is 5.73 Å². The van der Waals surface area contributed by atoms with Crippen LogP contribution in [0.3, 0.4) is 0 Å². The van der Waals surface area contributed by atoms with Crippen LogP contribution in [-0.4, -0.2) is 17.8 Å². The van der Waals surface area contributed by atoms with E-state index in [0.717, 1.165) is 12.8 Å². The van der Waals surface area contributed by atoms with Gasteiger partial charge in [0.25, 0.3) is 0 Å². The van der Waals surface area contributed by atoms with E-state index >= 15 is 0 Å². The Bertz CT molecular complexity index is 85.6. The summed E-state index contributed by atoms with van der Waals surface area (Å²) in [5, 5.41) is 9.46. The van der Waals surface area contributed by atoms with Gasteiger partial charge in [-0.05, 0) is 18.9 Å². The highest BCUT2D eigenvalue weighted by atomic mass is 16.3. The minimum atomic E-state index is -0.188. The van der Waals surface area contributed by atoms with E-state index in [-0.39, 0.29) is 12.0 Å². The minimum absolute atomic E-state index is 0.188. The van der Waals surface area contributed by atoms with Crippen molar-refractivity contribution in [2.24, 2.45) is 11.7 Å². The van der Waals surface area contributed by atoms with E-state index in [4.69, 9.17) is 5.73 Å². The van der Waals surface area contributed by atoms with Crippen LogP contribution in [-0.2, 0) is 0 Å². The van der Waals surface area contributed by atoms with Gasteiger partial charge in [0.1, 0.15) is 0 Å². The number of hydrogen-bond donors (Lipinski definition) is 2. The van der Waals surface area contributed by atoms with Gasteiger partial charge in [-0.25, -0.2) is 0 Å². The molecule has 0 aliphatic carbocycles. The summed E-state index contributed by atoms with van der Waals surface area (Å²) in [7, 11) is 0. The SMILES string of the molecule is CCCCCC(O)C(C)CN. The Kier molecular flexibility index (Phi) is 6.57. The van der Waals surface area contributed by atoms with Crippen molar-refractivity contribution >= 4 is 0 Å². The normalized spacial score (nSPS) is 16.4. The summed E-state index contributed by atoms with van der Waals surface area (Å²) in [5.74, 6) is 0.256. The van der Waals surface area contributed by atoms with Crippen LogP contribution in [0.4, 0.5) is 0 Å². The van der Waals surface area contributed by atoms with Crippen LogP contribution in [0, 0.1) is 5.92 Å². The lowest BCUT2D eigenvalue weighted by Gasteiger charge is -2.16. The van der Waals surface area contributed by atoms with Gasteiger partial charge in [-0.3, -0.25) is 0 Å². The Morgan fingerprint density at radius 3 is 2.45 bits per heavy atom. The van der Waals surface area contributed by atoms with Gasteiger partial charge in [-0.2, -0.15) is 0 Å². The number of hydrogen-bond acceptors (Lipinski definition) is 2. The van der Waals surface area contributed by atoms with Crippen LogP contribution in [0.25, 0.3) is 0 Å². The van der Waals surface area contributed by atoms with E-state index in [1.54, 1.807) is 0 Å². The zero-order chi connectivity index (χ0) is 8.69. The first kappa shape index (κ1) is 10.9. The average molecular weight is 159 g/mol. The Labute approximate surface area is 69.8 Å². The summed E-state index contributed by atoms with van der Waals surface area (Å²) in [6.45, 7) is 4.75. The molecule has 2 nitrogen and oxygen atoms in total. The van der Waals surface area contributed by atoms with Crippen molar-refractivity contribution in [2.45, 2.75) is 45.6 Å². The molecule has 0 bridgehead atoms. The Balaban J connectivity index is 3.28. The van der Waals surface area contributed by atoms with E-state index in [2.05, 4.69) is 6.92 Å². The molecule has 0 spiro atoms. The number of aliphatic hydroxyl groups excluding tert-OH is 1. The first-order valence-electron chi connectivity index (χ1n) is 4.60. The monoisotopic (exact) mass is 159 g/mol. The maximum absolute atomic E-state index is 9.46. The van der Waals surface area contributed by atoms with E-state index in [9.17, 15) is 5.11 Å². The minimum Gasteiger partial charge on any atom is -0.393 e. The summed E-state index contributed by atoms with van der Waals surface area (Å²) in [4.78, 5) is 0. The van der Waals surface area contributed by atoms with E-state index in [1.807, 2.05) is 6.92 Å². The number of nitrogens with two attached hydrogens (primary N) is 1.